The van der Waals surface area contributed by atoms with E-state index in [0.717, 1.165) is 12.8 Å². The zero-order valence-electron chi connectivity index (χ0n) is 14.3. The number of aryl methyl sites for hydroxylation is 1. The molecule has 0 heterocycles. The zero-order valence-corrected chi connectivity index (χ0v) is 15.1. The highest BCUT2D eigenvalue weighted by Gasteiger charge is 2.36. The Morgan fingerprint density at radius 2 is 2.00 bits per heavy atom. The van der Waals surface area contributed by atoms with Gasteiger partial charge in [-0.05, 0) is 44.4 Å². The van der Waals surface area contributed by atoms with Gasteiger partial charge >= 0.3 is 5.97 Å². The van der Waals surface area contributed by atoms with Crippen molar-refractivity contribution in [3.8, 4) is 0 Å². The molecule has 0 radical (unpaired) electrons. The number of carboxylic acids is 1. The Kier molecular flexibility index (Phi) is 5.50. The average Bonchev–Trinajstić information content (AvgIpc) is 3.30. The Morgan fingerprint density at radius 3 is 2.52 bits per heavy atom. The Balaban J connectivity index is 2.30. The standard InChI is InChI=1S/C16H22N2O6S/c1-10-4-7-12(25(22,23)18-11-5-6-11)8-13(10)14(19)17-16(2,9-24-3)15(20)21/h4,7-8,11,18H,5-6,9H2,1-3H3,(H,17,19)(H,20,21). The van der Waals surface area contributed by atoms with Crippen molar-refractivity contribution < 1.29 is 27.9 Å². The van der Waals surface area contributed by atoms with Gasteiger partial charge in [0.25, 0.3) is 5.91 Å². The van der Waals surface area contributed by atoms with E-state index in [9.17, 15) is 23.1 Å². The van der Waals surface area contributed by atoms with Crippen LogP contribution >= 0.6 is 0 Å². The van der Waals surface area contributed by atoms with Crippen LogP contribution in [-0.4, -0.2) is 50.7 Å². The second-order valence-corrected chi connectivity index (χ2v) is 8.11. The fraction of sp³-hybridized carbons (Fsp3) is 0.500. The van der Waals surface area contributed by atoms with Crippen LogP contribution in [0.25, 0.3) is 0 Å². The van der Waals surface area contributed by atoms with Crippen LogP contribution in [0, 0.1) is 6.92 Å². The molecule has 0 aromatic heterocycles. The van der Waals surface area contributed by atoms with Gasteiger partial charge in [-0.25, -0.2) is 17.9 Å². The van der Waals surface area contributed by atoms with Crippen LogP contribution in [-0.2, 0) is 19.6 Å². The van der Waals surface area contributed by atoms with E-state index >= 15 is 0 Å². The van der Waals surface area contributed by atoms with Gasteiger partial charge in [0.05, 0.1) is 11.5 Å². The van der Waals surface area contributed by atoms with Crippen molar-refractivity contribution in [1.29, 1.82) is 0 Å². The predicted molar refractivity (Wildman–Crippen MR) is 89.9 cm³/mol. The summed E-state index contributed by atoms with van der Waals surface area (Å²) in [7, 11) is -2.38. The normalized spacial score (nSPS) is 16.9. The highest BCUT2D eigenvalue weighted by molar-refractivity contribution is 7.89. The number of ether oxygens (including phenoxy) is 1. The second kappa shape index (κ2) is 7.11. The number of benzene rings is 1. The first-order chi connectivity index (χ1) is 11.6. The summed E-state index contributed by atoms with van der Waals surface area (Å²) in [5.41, 5.74) is -0.991. The lowest BCUT2D eigenvalue weighted by Gasteiger charge is -2.25. The molecule has 0 saturated heterocycles. The van der Waals surface area contributed by atoms with Crippen LogP contribution in [0.15, 0.2) is 23.1 Å². The topological polar surface area (TPSA) is 122 Å². The van der Waals surface area contributed by atoms with Gasteiger partial charge in [-0.2, -0.15) is 0 Å². The summed E-state index contributed by atoms with van der Waals surface area (Å²) in [6.45, 7) is 2.74. The van der Waals surface area contributed by atoms with Crippen molar-refractivity contribution in [2.45, 2.75) is 43.2 Å². The molecular formula is C16H22N2O6S. The third-order valence-electron chi connectivity index (χ3n) is 3.96. The first-order valence-corrected chi connectivity index (χ1v) is 9.25. The summed E-state index contributed by atoms with van der Waals surface area (Å²) in [6.07, 6.45) is 1.60. The molecule has 0 spiro atoms. The van der Waals surface area contributed by atoms with E-state index in [0.29, 0.717) is 5.56 Å². The molecule has 138 valence electrons. The summed E-state index contributed by atoms with van der Waals surface area (Å²) in [4.78, 5) is 23.9. The summed E-state index contributed by atoms with van der Waals surface area (Å²) < 4.78 is 32.0. The highest BCUT2D eigenvalue weighted by Crippen LogP contribution is 2.23. The van der Waals surface area contributed by atoms with Gasteiger partial charge in [0.2, 0.25) is 10.0 Å². The van der Waals surface area contributed by atoms with E-state index in [-0.39, 0.29) is 23.1 Å². The molecule has 1 fully saturated rings. The number of amides is 1. The summed E-state index contributed by atoms with van der Waals surface area (Å²) >= 11 is 0. The summed E-state index contributed by atoms with van der Waals surface area (Å²) in [5, 5.41) is 11.7. The number of rotatable bonds is 8. The highest BCUT2D eigenvalue weighted by atomic mass is 32.2. The summed E-state index contributed by atoms with van der Waals surface area (Å²) in [6, 6.07) is 4.14. The van der Waals surface area contributed by atoms with Crippen molar-refractivity contribution in [2.75, 3.05) is 13.7 Å². The van der Waals surface area contributed by atoms with Gasteiger partial charge in [0, 0.05) is 18.7 Å². The molecular weight excluding hydrogens is 348 g/mol. The predicted octanol–water partition coefficient (Wildman–Crippen LogP) is 0.655. The number of nitrogens with one attached hydrogen (secondary N) is 2. The van der Waals surface area contributed by atoms with Crippen molar-refractivity contribution in [1.82, 2.24) is 10.0 Å². The van der Waals surface area contributed by atoms with E-state index in [1.54, 1.807) is 6.92 Å². The Hall–Kier alpha value is -1.97. The zero-order chi connectivity index (χ0) is 18.8. The number of carbonyl (C=O) groups is 2. The fourth-order valence-electron chi connectivity index (χ4n) is 2.26. The minimum Gasteiger partial charge on any atom is -0.479 e. The lowest BCUT2D eigenvalue weighted by molar-refractivity contribution is -0.145. The van der Waals surface area contributed by atoms with Crippen LogP contribution in [0.5, 0.6) is 0 Å². The van der Waals surface area contributed by atoms with Gasteiger partial charge in [-0.3, -0.25) is 4.79 Å². The van der Waals surface area contributed by atoms with E-state index in [4.69, 9.17) is 4.74 Å². The number of sulfonamides is 1. The maximum Gasteiger partial charge on any atom is 0.331 e. The molecule has 1 unspecified atom stereocenters. The maximum absolute atomic E-state index is 12.5. The van der Waals surface area contributed by atoms with E-state index in [1.807, 2.05) is 0 Å². The molecule has 1 aliphatic carbocycles. The van der Waals surface area contributed by atoms with Crippen LogP contribution in [0.1, 0.15) is 35.7 Å². The molecule has 0 aliphatic heterocycles. The lowest BCUT2D eigenvalue weighted by Crippen LogP contribution is -2.55. The first-order valence-electron chi connectivity index (χ1n) is 7.77. The van der Waals surface area contributed by atoms with E-state index in [2.05, 4.69) is 10.0 Å². The third kappa shape index (κ3) is 4.56. The molecule has 8 nitrogen and oxygen atoms in total. The molecule has 2 rings (SSSR count). The molecule has 1 amide bonds. The van der Waals surface area contributed by atoms with Gasteiger partial charge in [0.1, 0.15) is 0 Å². The first kappa shape index (κ1) is 19.4. The number of methoxy groups -OCH3 is 1. The largest absolute Gasteiger partial charge is 0.479 e. The van der Waals surface area contributed by atoms with Crippen LogP contribution in [0.4, 0.5) is 0 Å². The molecule has 1 saturated carbocycles. The number of carbonyl (C=O) groups excluding carboxylic acids is 1. The minimum atomic E-state index is -3.71. The average molecular weight is 370 g/mol. The number of hydrogen-bond acceptors (Lipinski definition) is 5. The molecule has 1 aromatic rings. The Morgan fingerprint density at radius 1 is 1.36 bits per heavy atom. The van der Waals surface area contributed by atoms with Crippen LogP contribution < -0.4 is 10.0 Å². The Bertz CT molecular complexity index is 788. The van der Waals surface area contributed by atoms with Crippen molar-refractivity contribution in [3.63, 3.8) is 0 Å². The van der Waals surface area contributed by atoms with E-state index in [1.165, 1.54) is 32.2 Å². The molecule has 1 aliphatic rings. The quantitative estimate of drug-likeness (QED) is 0.618. The third-order valence-corrected chi connectivity index (χ3v) is 5.48. The molecule has 25 heavy (non-hydrogen) atoms. The van der Waals surface area contributed by atoms with E-state index < -0.39 is 27.4 Å². The number of hydrogen-bond donors (Lipinski definition) is 3. The monoisotopic (exact) mass is 370 g/mol. The van der Waals surface area contributed by atoms with Crippen LogP contribution in [0.3, 0.4) is 0 Å². The molecule has 9 heteroatoms. The van der Waals surface area contributed by atoms with Gasteiger partial charge in [-0.1, -0.05) is 6.07 Å². The Labute approximate surface area is 146 Å². The number of aliphatic carboxylic acids is 1. The molecule has 1 aromatic carbocycles. The minimum absolute atomic E-state index is 0.0288. The van der Waals surface area contributed by atoms with Gasteiger partial charge in [0.15, 0.2) is 5.54 Å². The van der Waals surface area contributed by atoms with Gasteiger partial charge in [-0.15, -0.1) is 0 Å². The fourth-order valence-corrected chi connectivity index (χ4v) is 3.59. The van der Waals surface area contributed by atoms with Gasteiger partial charge < -0.3 is 15.2 Å². The van der Waals surface area contributed by atoms with Crippen molar-refractivity contribution in [3.05, 3.63) is 29.3 Å². The number of carboxylic acid groups (broad SMARTS) is 1. The lowest BCUT2D eigenvalue weighted by atomic mass is 10.0. The maximum atomic E-state index is 12.5. The smallest absolute Gasteiger partial charge is 0.331 e. The van der Waals surface area contributed by atoms with Crippen molar-refractivity contribution in [2.24, 2.45) is 0 Å². The SMILES string of the molecule is COCC(C)(NC(=O)c1cc(S(=O)(=O)NC2CC2)ccc1C)C(=O)O. The van der Waals surface area contributed by atoms with Crippen molar-refractivity contribution >= 4 is 21.9 Å². The summed E-state index contributed by atoms with van der Waals surface area (Å²) in [5.74, 6) is -1.93. The van der Waals surface area contributed by atoms with Crippen LogP contribution in [0.2, 0.25) is 0 Å². The molecule has 0 bridgehead atoms. The second-order valence-electron chi connectivity index (χ2n) is 6.40. The molecule has 3 N–H and O–H groups in total. The molecule has 1 atom stereocenters.